The molecule has 1 amide bonds. The lowest BCUT2D eigenvalue weighted by Crippen LogP contribution is -2.40. The van der Waals surface area contributed by atoms with Crippen LogP contribution in [0.25, 0.3) is 0 Å². The predicted molar refractivity (Wildman–Crippen MR) is 77.0 cm³/mol. The summed E-state index contributed by atoms with van der Waals surface area (Å²) in [7, 11) is -3.90. The number of nitrogens with zero attached hydrogens (tertiary/aromatic N) is 2. The minimum atomic E-state index is -3.90. The fourth-order valence-electron chi connectivity index (χ4n) is 1.52. The van der Waals surface area contributed by atoms with E-state index in [4.69, 9.17) is 28.9 Å². The fourth-order valence-corrected chi connectivity index (χ4v) is 3.40. The van der Waals surface area contributed by atoms with Crippen LogP contribution >= 0.6 is 23.2 Å². The van der Waals surface area contributed by atoms with Gasteiger partial charge in [-0.25, -0.2) is 13.4 Å². The third kappa shape index (κ3) is 4.31. The van der Waals surface area contributed by atoms with Gasteiger partial charge in [0.15, 0.2) is 0 Å². The molecule has 1 heterocycles. The lowest BCUT2D eigenvalue weighted by molar-refractivity contribution is -0.118. The summed E-state index contributed by atoms with van der Waals surface area (Å²) in [5.74, 6) is -0.706. The second kappa shape index (κ2) is 6.71. The fraction of sp³-hybridized carbons (Fsp3) is 0.455. The van der Waals surface area contributed by atoms with Gasteiger partial charge in [-0.1, -0.05) is 37.0 Å². The Morgan fingerprint density at radius 1 is 1.45 bits per heavy atom. The minimum absolute atomic E-state index is 0.0101. The SMILES string of the molecule is CC(C)CN(CC(N)=O)S(=O)(=O)c1cnc(Cl)c(Cl)c1. The first-order valence-corrected chi connectivity index (χ1v) is 7.93. The molecule has 2 N–H and O–H groups in total. The van der Waals surface area contributed by atoms with Gasteiger partial charge in [0.1, 0.15) is 10.0 Å². The van der Waals surface area contributed by atoms with Crippen molar-refractivity contribution in [3.63, 3.8) is 0 Å². The smallest absolute Gasteiger partial charge is 0.245 e. The number of pyridine rings is 1. The van der Waals surface area contributed by atoms with Crippen LogP contribution in [0.3, 0.4) is 0 Å². The lowest BCUT2D eigenvalue weighted by Gasteiger charge is -2.22. The zero-order valence-corrected chi connectivity index (χ0v) is 13.3. The molecule has 0 aromatic carbocycles. The van der Waals surface area contributed by atoms with Gasteiger partial charge >= 0.3 is 0 Å². The van der Waals surface area contributed by atoms with Crippen LogP contribution in [0.4, 0.5) is 0 Å². The maximum Gasteiger partial charge on any atom is 0.245 e. The highest BCUT2D eigenvalue weighted by Gasteiger charge is 2.27. The van der Waals surface area contributed by atoms with E-state index in [2.05, 4.69) is 4.98 Å². The average molecular weight is 340 g/mol. The Labute approximate surface area is 127 Å². The van der Waals surface area contributed by atoms with Crippen LogP contribution in [0.2, 0.25) is 10.2 Å². The number of rotatable bonds is 6. The predicted octanol–water partition coefficient (Wildman–Crippen LogP) is 1.52. The van der Waals surface area contributed by atoms with Gasteiger partial charge in [0, 0.05) is 12.7 Å². The Bertz CT molecular complexity index is 605. The molecule has 0 unspecified atom stereocenters. The Morgan fingerprint density at radius 3 is 2.50 bits per heavy atom. The molecule has 0 fully saturated rings. The van der Waals surface area contributed by atoms with Crippen molar-refractivity contribution in [3.05, 3.63) is 22.4 Å². The van der Waals surface area contributed by atoms with Crippen LogP contribution in [0.5, 0.6) is 0 Å². The van der Waals surface area contributed by atoms with Gasteiger partial charge < -0.3 is 5.73 Å². The van der Waals surface area contributed by atoms with E-state index in [0.717, 1.165) is 10.5 Å². The first-order valence-electron chi connectivity index (χ1n) is 5.74. The van der Waals surface area contributed by atoms with Gasteiger partial charge in [-0.05, 0) is 12.0 Å². The van der Waals surface area contributed by atoms with E-state index < -0.39 is 22.5 Å². The van der Waals surface area contributed by atoms with Crippen LogP contribution in [0, 0.1) is 5.92 Å². The second-order valence-corrected chi connectivity index (χ2v) is 7.30. The van der Waals surface area contributed by atoms with Crippen LogP contribution in [0.1, 0.15) is 13.8 Å². The molecule has 0 aliphatic carbocycles. The molecule has 0 saturated carbocycles. The van der Waals surface area contributed by atoms with Crippen LogP contribution < -0.4 is 5.73 Å². The molecule has 0 radical (unpaired) electrons. The number of aromatic nitrogens is 1. The van der Waals surface area contributed by atoms with Crippen molar-refractivity contribution in [1.82, 2.24) is 9.29 Å². The first-order chi connectivity index (χ1) is 9.14. The van der Waals surface area contributed by atoms with E-state index in [1.807, 2.05) is 13.8 Å². The van der Waals surface area contributed by atoms with E-state index in [-0.39, 0.29) is 27.5 Å². The molecule has 0 aliphatic heterocycles. The summed E-state index contributed by atoms with van der Waals surface area (Å²) in [4.78, 5) is 14.6. The summed E-state index contributed by atoms with van der Waals surface area (Å²) >= 11 is 11.4. The topological polar surface area (TPSA) is 93.4 Å². The number of carbonyl (C=O) groups is 1. The Kier molecular flexibility index (Phi) is 5.76. The van der Waals surface area contributed by atoms with Crippen molar-refractivity contribution >= 4 is 39.1 Å². The summed E-state index contributed by atoms with van der Waals surface area (Å²) in [6, 6.07) is 1.19. The van der Waals surface area contributed by atoms with Crippen molar-refractivity contribution in [2.45, 2.75) is 18.7 Å². The number of hydrogen-bond donors (Lipinski definition) is 1. The molecular formula is C11H15Cl2N3O3S. The number of hydrogen-bond acceptors (Lipinski definition) is 4. The molecular weight excluding hydrogens is 325 g/mol. The van der Waals surface area contributed by atoms with E-state index in [9.17, 15) is 13.2 Å². The number of nitrogens with two attached hydrogens (primary N) is 1. The summed E-state index contributed by atoms with van der Waals surface area (Å²) in [5, 5.41) is 0.0345. The van der Waals surface area contributed by atoms with E-state index in [1.165, 1.54) is 6.07 Å². The molecule has 0 bridgehead atoms. The first kappa shape index (κ1) is 17.2. The van der Waals surface area contributed by atoms with Crippen LogP contribution in [-0.2, 0) is 14.8 Å². The number of primary amides is 1. The van der Waals surface area contributed by atoms with Crippen molar-refractivity contribution in [1.29, 1.82) is 0 Å². The van der Waals surface area contributed by atoms with E-state index in [1.54, 1.807) is 0 Å². The van der Waals surface area contributed by atoms with E-state index in [0.29, 0.717) is 0 Å². The molecule has 20 heavy (non-hydrogen) atoms. The molecule has 1 rings (SSSR count). The molecule has 0 aliphatic rings. The normalized spacial score (nSPS) is 12.1. The summed E-state index contributed by atoms with van der Waals surface area (Å²) in [5.41, 5.74) is 5.09. The quantitative estimate of drug-likeness (QED) is 0.795. The third-order valence-corrected chi connectivity index (χ3v) is 4.77. The Morgan fingerprint density at radius 2 is 2.05 bits per heavy atom. The molecule has 0 saturated heterocycles. The monoisotopic (exact) mass is 339 g/mol. The number of carbonyl (C=O) groups excluding carboxylic acids is 1. The molecule has 0 atom stereocenters. The van der Waals surface area contributed by atoms with Crippen molar-refractivity contribution in [2.24, 2.45) is 11.7 Å². The molecule has 112 valence electrons. The highest BCUT2D eigenvalue weighted by molar-refractivity contribution is 7.89. The van der Waals surface area contributed by atoms with Crippen molar-refractivity contribution in [3.8, 4) is 0 Å². The summed E-state index contributed by atoms with van der Waals surface area (Å²) in [6.07, 6.45) is 1.10. The number of sulfonamides is 1. The minimum Gasteiger partial charge on any atom is -0.369 e. The zero-order valence-electron chi connectivity index (χ0n) is 11.0. The molecule has 9 heteroatoms. The summed E-state index contributed by atoms with van der Waals surface area (Å²) < 4.78 is 25.9. The molecule has 1 aromatic heterocycles. The van der Waals surface area contributed by atoms with Gasteiger partial charge in [0.2, 0.25) is 15.9 Å². The Balaban J connectivity index is 3.20. The highest BCUT2D eigenvalue weighted by atomic mass is 35.5. The molecule has 0 spiro atoms. The zero-order chi connectivity index (χ0) is 15.5. The molecule has 6 nitrogen and oxygen atoms in total. The summed E-state index contributed by atoms with van der Waals surface area (Å²) in [6.45, 7) is 3.42. The average Bonchev–Trinajstić information content (AvgIpc) is 2.30. The van der Waals surface area contributed by atoms with Gasteiger partial charge in [0.25, 0.3) is 0 Å². The van der Waals surface area contributed by atoms with Gasteiger partial charge in [-0.15, -0.1) is 0 Å². The standard InChI is InChI=1S/C11H15Cl2N3O3S/c1-7(2)5-16(6-10(14)17)20(18,19)8-3-9(12)11(13)15-4-8/h3-4,7H,5-6H2,1-2H3,(H2,14,17). The maximum atomic E-state index is 12.4. The largest absolute Gasteiger partial charge is 0.369 e. The van der Waals surface area contributed by atoms with Crippen molar-refractivity contribution in [2.75, 3.05) is 13.1 Å². The maximum absolute atomic E-state index is 12.4. The lowest BCUT2D eigenvalue weighted by atomic mass is 10.2. The van der Waals surface area contributed by atoms with Crippen molar-refractivity contribution < 1.29 is 13.2 Å². The molecule has 1 aromatic rings. The Hall–Kier alpha value is -0.890. The van der Waals surface area contributed by atoms with Gasteiger partial charge in [0.05, 0.1) is 11.6 Å². The highest BCUT2D eigenvalue weighted by Crippen LogP contribution is 2.24. The van der Waals surface area contributed by atoms with Crippen LogP contribution in [0.15, 0.2) is 17.2 Å². The van der Waals surface area contributed by atoms with Gasteiger partial charge in [-0.3, -0.25) is 4.79 Å². The number of halogens is 2. The van der Waals surface area contributed by atoms with E-state index >= 15 is 0 Å². The number of amides is 1. The van der Waals surface area contributed by atoms with Crippen LogP contribution in [-0.4, -0.2) is 36.7 Å². The third-order valence-electron chi connectivity index (χ3n) is 2.31. The van der Waals surface area contributed by atoms with Gasteiger partial charge in [-0.2, -0.15) is 4.31 Å². The second-order valence-electron chi connectivity index (χ2n) is 4.60.